The molecule has 2 rings (SSSR count). The highest BCUT2D eigenvalue weighted by molar-refractivity contribution is 6.17. The molecule has 1 N–H and O–H groups in total. The Labute approximate surface area is 116 Å². The number of rotatable bonds is 5. The van der Waals surface area contributed by atoms with Crippen molar-refractivity contribution in [2.24, 2.45) is 0 Å². The van der Waals surface area contributed by atoms with Gasteiger partial charge in [-0.3, -0.25) is 4.79 Å². The monoisotopic (exact) mass is 279 g/mol. The summed E-state index contributed by atoms with van der Waals surface area (Å²) in [6.45, 7) is 2.20. The lowest BCUT2D eigenvalue weighted by molar-refractivity contribution is 0.0954. The van der Waals surface area contributed by atoms with Gasteiger partial charge >= 0.3 is 0 Å². The standard InChI is InChI=1S/C13H14ClN3O2/c1-9-16-12(17-19-9)6-7-15-13(18)11-4-2-10(8-14)3-5-11/h2-5H,6-8H2,1H3,(H,15,18). The van der Waals surface area contributed by atoms with Crippen LogP contribution in [0.5, 0.6) is 0 Å². The summed E-state index contributed by atoms with van der Waals surface area (Å²) in [5.41, 5.74) is 1.60. The quantitative estimate of drug-likeness (QED) is 0.851. The minimum absolute atomic E-state index is 0.124. The lowest BCUT2D eigenvalue weighted by atomic mass is 10.1. The van der Waals surface area contributed by atoms with Gasteiger partial charge in [0.1, 0.15) is 0 Å². The second-order valence-electron chi connectivity index (χ2n) is 4.07. The smallest absolute Gasteiger partial charge is 0.251 e. The van der Waals surface area contributed by atoms with E-state index in [-0.39, 0.29) is 5.91 Å². The van der Waals surface area contributed by atoms with Crippen molar-refractivity contribution in [3.8, 4) is 0 Å². The number of carbonyl (C=O) groups is 1. The van der Waals surface area contributed by atoms with Gasteiger partial charge in [0.25, 0.3) is 5.91 Å². The van der Waals surface area contributed by atoms with Gasteiger partial charge in [-0.2, -0.15) is 4.98 Å². The van der Waals surface area contributed by atoms with Gasteiger partial charge < -0.3 is 9.84 Å². The molecule has 1 aromatic heterocycles. The predicted octanol–water partition coefficient (Wildman–Crippen LogP) is 2.09. The number of alkyl halides is 1. The number of hydrogen-bond acceptors (Lipinski definition) is 4. The summed E-state index contributed by atoms with van der Waals surface area (Å²) >= 11 is 5.69. The Balaban J connectivity index is 1.83. The van der Waals surface area contributed by atoms with E-state index in [1.165, 1.54) is 0 Å². The van der Waals surface area contributed by atoms with Crippen molar-refractivity contribution in [1.29, 1.82) is 0 Å². The second-order valence-corrected chi connectivity index (χ2v) is 4.33. The van der Waals surface area contributed by atoms with Crippen LogP contribution >= 0.6 is 11.6 Å². The molecule has 2 aromatic rings. The summed E-state index contributed by atoms with van der Waals surface area (Å²) in [6, 6.07) is 7.19. The van der Waals surface area contributed by atoms with Crippen molar-refractivity contribution in [3.05, 3.63) is 47.1 Å². The van der Waals surface area contributed by atoms with Crippen LogP contribution < -0.4 is 5.32 Å². The van der Waals surface area contributed by atoms with Gasteiger partial charge in [0, 0.05) is 31.3 Å². The average molecular weight is 280 g/mol. The number of carbonyl (C=O) groups excluding carboxylic acids is 1. The number of nitrogens with one attached hydrogen (secondary N) is 1. The Morgan fingerprint density at radius 1 is 1.37 bits per heavy atom. The maximum absolute atomic E-state index is 11.8. The first-order valence-corrected chi connectivity index (χ1v) is 6.45. The van der Waals surface area contributed by atoms with Crippen LogP contribution in [-0.2, 0) is 12.3 Å². The number of aryl methyl sites for hydroxylation is 1. The third-order valence-electron chi connectivity index (χ3n) is 2.57. The fourth-order valence-corrected chi connectivity index (χ4v) is 1.76. The van der Waals surface area contributed by atoms with Crippen molar-refractivity contribution < 1.29 is 9.32 Å². The molecule has 1 aromatic carbocycles. The molecule has 0 aliphatic heterocycles. The van der Waals surface area contributed by atoms with E-state index >= 15 is 0 Å². The second kappa shape index (κ2) is 6.33. The lowest BCUT2D eigenvalue weighted by Gasteiger charge is -2.04. The third kappa shape index (κ3) is 3.79. The fraction of sp³-hybridized carbons (Fsp3) is 0.308. The number of amides is 1. The summed E-state index contributed by atoms with van der Waals surface area (Å²) < 4.78 is 4.85. The Hall–Kier alpha value is -1.88. The number of benzene rings is 1. The number of aromatic nitrogens is 2. The molecular weight excluding hydrogens is 266 g/mol. The largest absolute Gasteiger partial charge is 0.352 e. The van der Waals surface area contributed by atoms with Crippen LogP contribution in [0.2, 0.25) is 0 Å². The van der Waals surface area contributed by atoms with E-state index in [1.807, 2.05) is 12.1 Å². The Morgan fingerprint density at radius 3 is 2.68 bits per heavy atom. The molecule has 0 unspecified atom stereocenters. The zero-order valence-corrected chi connectivity index (χ0v) is 11.3. The molecule has 19 heavy (non-hydrogen) atoms. The van der Waals surface area contributed by atoms with Gasteiger partial charge in [-0.1, -0.05) is 17.3 Å². The molecule has 0 saturated carbocycles. The van der Waals surface area contributed by atoms with Crippen molar-refractivity contribution in [3.63, 3.8) is 0 Å². The molecule has 100 valence electrons. The Morgan fingerprint density at radius 2 is 2.11 bits per heavy atom. The number of nitrogens with zero attached hydrogens (tertiary/aromatic N) is 2. The molecule has 0 saturated heterocycles. The maximum Gasteiger partial charge on any atom is 0.251 e. The van der Waals surface area contributed by atoms with Crippen LogP contribution in [0.15, 0.2) is 28.8 Å². The van der Waals surface area contributed by atoms with Gasteiger partial charge in [0.05, 0.1) is 0 Å². The van der Waals surface area contributed by atoms with Crippen molar-refractivity contribution in [2.75, 3.05) is 6.54 Å². The molecule has 0 spiro atoms. The van der Waals surface area contributed by atoms with Gasteiger partial charge in [-0.05, 0) is 17.7 Å². The first-order chi connectivity index (χ1) is 9.19. The molecule has 1 amide bonds. The molecule has 0 atom stereocenters. The number of halogens is 1. The molecule has 0 bridgehead atoms. The maximum atomic E-state index is 11.8. The topological polar surface area (TPSA) is 68.0 Å². The van der Waals surface area contributed by atoms with Gasteiger partial charge in [-0.25, -0.2) is 0 Å². The van der Waals surface area contributed by atoms with E-state index in [2.05, 4.69) is 15.5 Å². The molecule has 1 heterocycles. The van der Waals surface area contributed by atoms with E-state index in [0.717, 1.165) is 5.56 Å². The van der Waals surface area contributed by atoms with E-state index < -0.39 is 0 Å². The van der Waals surface area contributed by atoms with Crippen molar-refractivity contribution >= 4 is 17.5 Å². The first kappa shape index (κ1) is 13.5. The zero-order chi connectivity index (χ0) is 13.7. The Bertz CT molecular complexity index is 551. The molecule has 5 nitrogen and oxygen atoms in total. The van der Waals surface area contributed by atoms with E-state index in [9.17, 15) is 4.79 Å². The van der Waals surface area contributed by atoms with Crippen LogP contribution in [0.4, 0.5) is 0 Å². The van der Waals surface area contributed by atoms with Gasteiger partial charge in [-0.15, -0.1) is 11.6 Å². The fourth-order valence-electron chi connectivity index (χ4n) is 1.58. The van der Waals surface area contributed by atoms with E-state index in [4.69, 9.17) is 16.1 Å². The highest BCUT2D eigenvalue weighted by atomic mass is 35.5. The third-order valence-corrected chi connectivity index (χ3v) is 2.88. The van der Waals surface area contributed by atoms with Crippen LogP contribution in [0.25, 0.3) is 0 Å². The zero-order valence-electron chi connectivity index (χ0n) is 10.5. The van der Waals surface area contributed by atoms with Gasteiger partial charge in [0.15, 0.2) is 5.82 Å². The minimum Gasteiger partial charge on any atom is -0.352 e. The van der Waals surface area contributed by atoms with E-state index in [1.54, 1.807) is 19.1 Å². The molecular formula is C13H14ClN3O2. The van der Waals surface area contributed by atoms with Crippen molar-refractivity contribution in [1.82, 2.24) is 15.5 Å². The molecule has 0 radical (unpaired) electrons. The highest BCUT2D eigenvalue weighted by Gasteiger charge is 2.06. The van der Waals surface area contributed by atoms with Crippen LogP contribution in [0, 0.1) is 6.92 Å². The molecule has 0 fully saturated rings. The molecule has 0 aliphatic rings. The van der Waals surface area contributed by atoms with Crippen LogP contribution in [0.1, 0.15) is 27.6 Å². The SMILES string of the molecule is Cc1nc(CCNC(=O)c2ccc(CCl)cc2)no1. The summed E-state index contributed by atoms with van der Waals surface area (Å²) in [6.07, 6.45) is 0.544. The van der Waals surface area contributed by atoms with Gasteiger partial charge in [0.2, 0.25) is 5.89 Å². The van der Waals surface area contributed by atoms with E-state index in [0.29, 0.717) is 36.1 Å². The number of hydrogen-bond donors (Lipinski definition) is 1. The molecule has 0 aliphatic carbocycles. The minimum atomic E-state index is -0.124. The van der Waals surface area contributed by atoms with Crippen LogP contribution in [-0.4, -0.2) is 22.6 Å². The summed E-state index contributed by atoms with van der Waals surface area (Å²) in [7, 11) is 0. The molecule has 6 heteroatoms. The average Bonchev–Trinajstić information content (AvgIpc) is 2.84. The first-order valence-electron chi connectivity index (χ1n) is 5.91. The van der Waals surface area contributed by atoms with Crippen molar-refractivity contribution in [2.45, 2.75) is 19.2 Å². The predicted molar refractivity (Wildman–Crippen MR) is 71.1 cm³/mol. The summed E-state index contributed by atoms with van der Waals surface area (Å²) in [4.78, 5) is 15.9. The normalized spacial score (nSPS) is 10.4. The lowest BCUT2D eigenvalue weighted by Crippen LogP contribution is -2.25. The highest BCUT2D eigenvalue weighted by Crippen LogP contribution is 2.06. The summed E-state index contributed by atoms with van der Waals surface area (Å²) in [5.74, 6) is 1.44. The van der Waals surface area contributed by atoms with Crippen LogP contribution in [0.3, 0.4) is 0 Å². The summed E-state index contributed by atoms with van der Waals surface area (Å²) in [5, 5.41) is 6.56. The Kier molecular flexibility index (Phi) is 4.52.